The van der Waals surface area contributed by atoms with Crippen molar-refractivity contribution in [3.05, 3.63) is 59.7 Å². The van der Waals surface area contributed by atoms with Crippen molar-refractivity contribution < 1.29 is 5.11 Å². The van der Waals surface area contributed by atoms with Crippen molar-refractivity contribution in [1.29, 1.82) is 0 Å². The van der Waals surface area contributed by atoms with E-state index < -0.39 is 6.10 Å². The van der Waals surface area contributed by atoms with Crippen molar-refractivity contribution in [3.63, 3.8) is 0 Å². The molecule has 1 saturated carbocycles. The number of hydrogen-bond acceptors (Lipinski definition) is 1. The fourth-order valence-corrected chi connectivity index (χ4v) is 2.30. The van der Waals surface area contributed by atoms with E-state index in [0.29, 0.717) is 6.42 Å². The van der Waals surface area contributed by atoms with Gasteiger partial charge in [-0.1, -0.05) is 48.6 Å². The minimum absolute atomic E-state index is 0.453. The number of benzene rings is 1. The maximum atomic E-state index is 10.1. The molecule has 1 atom stereocenters. The molecule has 1 fully saturated rings. The van der Waals surface area contributed by atoms with E-state index in [0.717, 1.165) is 11.1 Å². The van der Waals surface area contributed by atoms with Gasteiger partial charge in [-0.25, -0.2) is 0 Å². The SMILES string of the molecule is C=C(C=C1CCCC1)C(O)Cc1ccccc1. The van der Waals surface area contributed by atoms with Gasteiger partial charge in [-0.2, -0.15) is 0 Å². The van der Waals surface area contributed by atoms with Gasteiger partial charge < -0.3 is 5.11 Å². The minimum Gasteiger partial charge on any atom is -0.388 e. The summed E-state index contributed by atoms with van der Waals surface area (Å²) in [6.45, 7) is 3.99. The molecule has 0 aromatic heterocycles. The Morgan fingerprint density at radius 2 is 1.88 bits per heavy atom. The van der Waals surface area contributed by atoms with Crippen molar-refractivity contribution in [2.24, 2.45) is 0 Å². The van der Waals surface area contributed by atoms with E-state index in [-0.39, 0.29) is 0 Å². The molecule has 1 nitrogen and oxygen atoms in total. The van der Waals surface area contributed by atoms with Crippen molar-refractivity contribution in [2.45, 2.75) is 38.2 Å². The average Bonchev–Trinajstić information content (AvgIpc) is 2.83. The Labute approximate surface area is 103 Å². The Kier molecular flexibility index (Phi) is 4.16. The summed E-state index contributed by atoms with van der Waals surface area (Å²) < 4.78 is 0. The predicted molar refractivity (Wildman–Crippen MR) is 71.8 cm³/mol. The van der Waals surface area contributed by atoms with Crippen LogP contribution in [0.1, 0.15) is 31.2 Å². The molecular formula is C16H20O. The van der Waals surface area contributed by atoms with Crippen molar-refractivity contribution in [3.8, 4) is 0 Å². The Morgan fingerprint density at radius 3 is 2.53 bits per heavy atom. The molecule has 2 rings (SSSR count). The number of rotatable bonds is 4. The monoisotopic (exact) mass is 228 g/mol. The number of aliphatic hydroxyl groups excluding tert-OH is 1. The van der Waals surface area contributed by atoms with Gasteiger partial charge in [-0.3, -0.25) is 0 Å². The van der Waals surface area contributed by atoms with Gasteiger partial charge in [0.15, 0.2) is 0 Å². The molecule has 17 heavy (non-hydrogen) atoms. The molecule has 0 saturated heterocycles. The topological polar surface area (TPSA) is 20.2 Å². The van der Waals surface area contributed by atoms with Crippen LogP contribution in [0.4, 0.5) is 0 Å². The summed E-state index contributed by atoms with van der Waals surface area (Å²) in [4.78, 5) is 0. The van der Waals surface area contributed by atoms with Crippen LogP contribution in [0, 0.1) is 0 Å². The van der Waals surface area contributed by atoms with Crippen LogP contribution in [0.2, 0.25) is 0 Å². The summed E-state index contributed by atoms with van der Waals surface area (Å²) in [6, 6.07) is 10.1. The first kappa shape index (κ1) is 12.1. The van der Waals surface area contributed by atoms with Crippen LogP contribution in [0.25, 0.3) is 0 Å². The second-order valence-corrected chi connectivity index (χ2v) is 4.79. The lowest BCUT2D eigenvalue weighted by molar-refractivity contribution is 0.215. The van der Waals surface area contributed by atoms with Gasteiger partial charge >= 0.3 is 0 Å². The average molecular weight is 228 g/mol. The molecule has 1 aromatic rings. The van der Waals surface area contributed by atoms with Gasteiger partial charge in [0.05, 0.1) is 6.10 Å². The van der Waals surface area contributed by atoms with E-state index in [9.17, 15) is 5.11 Å². The lowest BCUT2D eigenvalue weighted by Gasteiger charge is -2.11. The first-order chi connectivity index (χ1) is 8.25. The first-order valence-electron chi connectivity index (χ1n) is 6.36. The van der Waals surface area contributed by atoms with Crippen LogP contribution in [-0.2, 0) is 6.42 Å². The highest BCUT2D eigenvalue weighted by Gasteiger charge is 2.11. The molecule has 0 aliphatic heterocycles. The van der Waals surface area contributed by atoms with E-state index in [4.69, 9.17) is 0 Å². The van der Waals surface area contributed by atoms with Gasteiger partial charge in [-0.15, -0.1) is 0 Å². The molecule has 1 aliphatic rings. The number of allylic oxidation sites excluding steroid dienone is 1. The summed E-state index contributed by atoms with van der Waals surface area (Å²) in [5.74, 6) is 0. The lowest BCUT2D eigenvalue weighted by atomic mass is 10.0. The zero-order valence-corrected chi connectivity index (χ0v) is 10.2. The quantitative estimate of drug-likeness (QED) is 0.834. The molecule has 0 amide bonds. The van der Waals surface area contributed by atoms with Gasteiger partial charge in [0.1, 0.15) is 0 Å². The highest BCUT2D eigenvalue weighted by molar-refractivity contribution is 5.28. The van der Waals surface area contributed by atoms with Crippen LogP contribution in [0.15, 0.2) is 54.1 Å². The van der Waals surface area contributed by atoms with Crippen molar-refractivity contribution in [2.75, 3.05) is 0 Å². The van der Waals surface area contributed by atoms with Crippen molar-refractivity contribution in [1.82, 2.24) is 0 Å². The summed E-state index contributed by atoms with van der Waals surface area (Å²) in [6.07, 6.45) is 7.23. The molecule has 1 heteroatoms. The largest absolute Gasteiger partial charge is 0.388 e. The Hall–Kier alpha value is -1.34. The third-order valence-electron chi connectivity index (χ3n) is 3.34. The third kappa shape index (κ3) is 3.57. The van der Waals surface area contributed by atoms with Crippen LogP contribution < -0.4 is 0 Å². The Balaban J connectivity index is 1.93. The predicted octanol–water partition coefficient (Wildman–Crippen LogP) is 3.65. The van der Waals surface area contributed by atoms with Crippen LogP contribution >= 0.6 is 0 Å². The first-order valence-corrected chi connectivity index (χ1v) is 6.36. The van der Waals surface area contributed by atoms with E-state index in [1.165, 1.54) is 31.3 Å². The van der Waals surface area contributed by atoms with E-state index >= 15 is 0 Å². The van der Waals surface area contributed by atoms with E-state index in [1.807, 2.05) is 30.3 Å². The summed E-state index contributed by atoms with van der Waals surface area (Å²) in [7, 11) is 0. The summed E-state index contributed by atoms with van der Waals surface area (Å²) in [5, 5.41) is 10.1. The number of aliphatic hydroxyl groups is 1. The molecule has 90 valence electrons. The molecule has 0 heterocycles. The van der Waals surface area contributed by atoms with Crippen LogP contribution in [-0.4, -0.2) is 11.2 Å². The lowest BCUT2D eigenvalue weighted by Crippen LogP contribution is -2.12. The third-order valence-corrected chi connectivity index (χ3v) is 3.34. The van der Waals surface area contributed by atoms with Crippen molar-refractivity contribution >= 4 is 0 Å². The molecule has 0 radical (unpaired) electrons. The van der Waals surface area contributed by atoms with Gasteiger partial charge in [-0.05, 0) is 36.8 Å². The zero-order chi connectivity index (χ0) is 12.1. The zero-order valence-electron chi connectivity index (χ0n) is 10.2. The smallest absolute Gasteiger partial charge is 0.0824 e. The van der Waals surface area contributed by atoms with E-state index in [2.05, 4.69) is 12.7 Å². The Morgan fingerprint density at radius 1 is 1.24 bits per heavy atom. The summed E-state index contributed by atoms with van der Waals surface area (Å²) in [5.41, 5.74) is 3.46. The molecule has 1 aliphatic carbocycles. The van der Waals surface area contributed by atoms with Crippen LogP contribution in [0.3, 0.4) is 0 Å². The molecule has 1 unspecified atom stereocenters. The molecule has 1 aromatic carbocycles. The minimum atomic E-state index is -0.453. The maximum absolute atomic E-state index is 10.1. The summed E-state index contributed by atoms with van der Waals surface area (Å²) >= 11 is 0. The molecule has 0 bridgehead atoms. The van der Waals surface area contributed by atoms with Gasteiger partial charge in [0.2, 0.25) is 0 Å². The fraction of sp³-hybridized carbons (Fsp3) is 0.375. The Bertz CT molecular complexity index is 395. The van der Waals surface area contributed by atoms with E-state index in [1.54, 1.807) is 0 Å². The number of hydrogen-bond donors (Lipinski definition) is 1. The maximum Gasteiger partial charge on any atom is 0.0824 e. The molecular weight excluding hydrogens is 208 g/mol. The van der Waals surface area contributed by atoms with Crippen LogP contribution in [0.5, 0.6) is 0 Å². The second-order valence-electron chi connectivity index (χ2n) is 4.79. The normalized spacial score (nSPS) is 16.9. The van der Waals surface area contributed by atoms with Gasteiger partial charge in [0.25, 0.3) is 0 Å². The highest BCUT2D eigenvalue weighted by Crippen LogP contribution is 2.25. The fourth-order valence-electron chi connectivity index (χ4n) is 2.30. The molecule has 1 N–H and O–H groups in total. The van der Waals surface area contributed by atoms with Gasteiger partial charge in [0, 0.05) is 6.42 Å². The second kappa shape index (κ2) is 5.83. The highest BCUT2D eigenvalue weighted by atomic mass is 16.3. The molecule has 0 spiro atoms. The standard InChI is InChI=1S/C16H20O/c1-13(11-14-9-5-6-10-14)16(17)12-15-7-3-2-4-8-15/h2-4,7-8,11,16-17H,1,5-6,9-10,12H2.